The lowest BCUT2D eigenvalue weighted by molar-refractivity contribution is -0.136. The highest BCUT2D eigenvalue weighted by atomic mass is 35.5. The lowest BCUT2D eigenvalue weighted by Gasteiger charge is -2.26. The quantitative estimate of drug-likeness (QED) is 0.546. The van der Waals surface area contributed by atoms with Crippen LogP contribution in [-0.2, 0) is 14.3 Å². The average Bonchev–Trinajstić information content (AvgIpc) is 2.51. The lowest BCUT2D eigenvalue weighted by atomic mass is 10.3. The van der Waals surface area contributed by atoms with Crippen LogP contribution in [0.25, 0.3) is 0 Å². The maximum atomic E-state index is 11.8. The smallest absolute Gasteiger partial charge is 0.313 e. The fourth-order valence-corrected chi connectivity index (χ4v) is 2.28. The van der Waals surface area contributed by atoms with Crippen molar-refractivity contribution in [3.05, 3.63) is 23.2 Å². The molecule has 0 spiro atoms. The van der Waals surface area contributed by atoms with Crippen molar-refractivity contribution in [2.75, 3.05) is 50.4 Å². The van der Waals surface area contributed by atoms with Crippen LogP contribution in [0.1, 0.15) is 0 Å². The first kappa shape index (κ1) is 16.5. The van der Waals surface area contributed by atoms with Crippen LogP contribution >= 0.6 is 11.6 Å². The minimum atomic E-state index is -0.756. The molecule has 0 unspecified atom stereocenters. The Morgan fingerprint density at radius 3 is 2.68 bits per heavy atom. The Hall–Kier alpha value is -1.83. The monoisotopic (exact) mass is 326 g/mol. The molecule has 1 aliphatic heterocycles. The summed E-state index contributed by atoms with van der Waals surface area (Å²) >= 11 is 5.94. The van der Waals surface area contributed by atoms with E-state index in [0.29, 0.717) is 37.7 Å². The fraction of sp³-hybridized carbons (Fsp3) is 0.429. The van der Waals surface area contributed by atoms with E-state index in [-0.39, 0.29) is 5.02 Å². The third-order valence-electron chi connectivity index (χ3n) is 3.26. The minimum absolute atomic E-state index is 0.287. The Kier molecular flexibility index (Phi) is 6.00. The van der Waals surface area contributed by atoms with Gasteiger partial charge in [0.1, 0.15) is 0 Å². The molecular weight excluding hydrogens is 308 g/mol. The molecule has 0 radical (unpaired) electrons. The van der Waals surface area contributed by atoms with E-state index in [1.807, 2.05) is 0 Å². The van der Waals surface area contributed by atoms with Crippen molar-refractivity contribution in [2.24, 2.45) is 0 Å². The summed E-state index contributed by atoms with van der Waals surface area (Å²) < 4.78 is 5.24. The van der Waals surface area contributed by atoms with Gasteiger partial charge in [0, 0.05) is 31.9 Å². The largest absolute Gasteiger partial charge is 0.399 e. The molecule has 0 bridgehead atoms. The van der Waals surface area contributed by atoms with Gasteiger partial charge in [-0.3, -0.25) is 14.5 Å². The van der Waals surface area contributed by atoms with Crippen molar-refractivity contribution in [3.63, 3.8) is 0 Å². The van der Waals surface area contributed by atoms with Gasteiger partial charge in [0.25, 0.3) is 0 Å². The second kappa shape index (κ2) is 7.98. The van der Waals surface area contributed by atoms with Gasteiger partial charge < -0.3 is 21.1 Å². The molecule has 8 heteroatoms. The summed E-state index contributed by atoms with van der Waals surface area (Å²) in [6.45, 7) is 4.16. The van der Waals surface area contributed by atoms with Crippen LogP contribution in [0, 0.1) is 0 Å². The predicted molar refractivity (Wildman–Crippen MR) is 84.8 cm³/mol. The number of halogens is 1. The molecule has 0 atom stereocenters. The average molecular weight is 327 g/mol. The third kappa shape index (κ3) is 4.87. The lowest BCUT2D eigenvalue weighted by Crippen LogP contribution is -2.43. The summed E-state index contributed by atoms with van der Waals surface area (Å²) in [5.41, 5.74) is 6.40. The topological polar surface area (TPSA) is 96.7 Å². The van der Waals surface area contributed by atoms with E-state index in [1.165, 1.54) is 6.07 Å². The van der Waals surface area contributed by atoms with Crippen LogP contribution < -0.4 is 16.4 Å². The van der Waals surface area contributed by atoms with Crippen molar-refractivity contribution in [1.29, 1.82) is 0 Å². The molecule has 4 N–H and O–H groups in total. The predicted octanol–water partition coefficient (Wildman–Crippen LogP) is 0.309. The van der Waals surface area contributed by atoms with Gasteiger partial charge in [-0.05, 0) is 18.2 Å². The number of nitrogens with zero attached hydrogens (tertiary/aromatic N) is 1. The molecule has 2 amide bonds. The van der Waals surface area contributed by atoms with E-state index in [1.54, 1.807) is 12.1 Å². The highest BCUT2D eigenvalue weighted by molar-refractivity contribution is 6.41. The van der Waals surface area contributed by atoms with Crippen LogP contribution in [0.15, 0.2) is 18.2 Å². The molecule has 1 fully saturated rings. The van der Waals surface area contributed by atoms with Gasteiger partial charge in [0.05, 0.1) is 23.9 Å². The van der Waals surface area contributed by atoms with Gasteiger partial charge in [0.15, 0.2) is 0 Å². The number of ether oxygens (including phenoxy) is 1. The summed E-state index contributed by atoms with van der Waals surface area (Å²) in [4.78, 5) is 25.7. The molecular formula is C14H19ClN4O3. The van der Waals surface area contributed by atoms with Crippen LogP contribution in [0.5, 0.6) is 0 Å². The number of nitrogen functional groups attached to an aromatic ring is 1. The summed E-state index contributed by atoms with van der Waals surface area (Å²) in [6, 6.07) is 4.65. The maximum Gasteiger partial charge on any atom is 0.313 e. The van der Waals surface area contributed by atoms with Gasteiger partial charge >= 0.3 is 11.8 Å². The van der Waals surface area contributed by atoms with E-state index >= 15 is 0 Å². The van der Waals surface area contributed by atoms with E-state index in [4.69, 9.17) is 22.1 Å². The summed E-state index contributed by atoms with van der Waals surface area (Å²) in [5, 5.41) is 5.32. The van der Waals surface area contributed by atoms with E-state index < -0.39 is 11.8 Å². The molecule has 1 aliphatic rings. The summed E-state index contributed by atoms with van der Waals surface area (Å²) in [6.07, 6.45) is 0. The third-order valence-corrected chi connectivity index (χ3v) is 3.58. The van der Waals surface area contributed by atoms with Crippen LogP contribution in [0.2, 0.25) is 5.02 Å². The van der Waals surface area contributed by atoms with Crippen molar-refractivity contribution >= 4 is 34.8 Å². The number of hydrogen-bond acceptors (Lipinski definition) is 5. The number of carbonyl (C=O) groups is 2. The zero-order valence-corrected chi connectivity index (χ0v) is 12.9. The number of nitrogens with two attached hydrogens (primary N) is 1. The highest BCUT2D eigenvalue weighted by Gasteiger charge is 2.16. The van der Waals surface area contributed by atoms with E-state index in [9.17, 15) is 9.59 Å². The van der Waals surface area contributed by atoms with Gasteiger partial charge in [-0.1, -0.05) is 11.6 Å². The first-order valence-electron chi connectivity index (χ1n) is 7.00. The number of nitrogens with one attached hydrogen (secondary N) is 2. The first-order valence-corrected chi connectivity index (χ1v) is 7.38. The van der Waals surface area contributed by atoms with Crippen molar-refractivity contribution in [1.82, 2.24) is 10.2 Å². The minimum Gasteiger partial charge on any atom is -0.399 e. The molecule has 22 heavy (non-hydrogen) atoms. The second-order valence-corrected chi connectivity index (χ2v) is 5.31. The van der Waals surface area contributed by atoms with Gasteiger partial charge in [-0.15, -0.1) is 0 Å². The molecule has 120 valence electrons. The number of rotatable bonds is 4. The summed E-state index contributed by atoms with van der Waals surface area (Å²) in [7, 11) is 0. The zero-order valence-electron chi connectivity index (χ0n) is 12.1. The molecule has 2 rings (SSSR count). The number of hydrogen-bond donors (Lipinski definition) is 3. The Morgan fingerprint density at radius 2 is 2.00 bits per heavy atom. The molecule has 0 aliphatic carbocycles. The van der Waals surface area contributed by atoms with Crippen molar-refractivity contribution in [2.45, 2.75) is 0 Å². The van der Waals surface area contributed by atoms with Crippen LogP contribution in [-0.4, -0.2) is 56.1 Å². The zero-order chi connectivity index (χ0) is 15.9. The number of benzene rings is 1. The Bertz CT molecular complexity index is 547. The molecule has 1 aromatic carbocycles. The van der Waals surface area contributed by atoms with Gasteiger partial charge in [-0.2, -0.15) is 0 Å². The van der Waals surface area contributed by atoms with Crippen LogP contribution in [0.3, 0.4) is 0 Å². The summed E-state index contributed by atoms with van der Waals surface area (Å²) in [5.74, 6) is -1.45. The first-order chi connectivity index (χ1) is 10.6. The molecule has 0 saturated carbocycles. The van der Waals surface area contributed by atoms with Gasteiger partial charge in [-0.25, -0.2) is 0 Å². The standard InChI is InChI=1S/C14H19ClN4O3/c15-11-9-10(16)1-2-12(11)18-14(21)13(20)17-3-4-19-5-7-22-8-6-19/h1-2,9H,3-8,16H2,(H,17,20)(H,18,21). The Balaban J connectivity index is 1.75. The van der Waals surface area contributed by atoms with Crippen LogP contribution in [0.4, 0.5) is 11.4 Å². The van der Waals surface area contributed by atoms with E-state index in [0.717, 1.165) is 13.1 Å². The number of amides is 2. The highest BCUT2D eigenvalue weighted by Crippen LogP contribution is 2.23. The van der Waals surface area contributed by atoms with Crippen molar-refractivity contribution < 1.29 is 14.3 Å². The molecule has 0 aromatic heterocycles. The van der Waals surface area contributed by atoms with Crippen molar-refractivity contribution in [3.8, 4) is 0 Å². The fourth-order valence-electron chi connectivity index (χ4n) is 2.04. The Morgan fingerprint density at radius 1 is 1.27 bits per heavy atom. The normalized spacial score (nSPS) is 15.3. The number of morpholine rings is 1. The number of carbonyl (C=O) groups excluding carboxylic acids is 2. The molecule has 1 saturated heterocycles. The molecule has 1 heterocycles. The van der Waals surface area contributed by atoms with E-state index in [2.05, 4.69) is 15.5 Å². The molecule has 1 aromatic rings. The Labute approximate surface area is 133 Å². The maximum absolute atomic E-state index is 11.8. The second-order valence-electron chi connectivity index (χ2n) is 4.90. The number of anilines is 2. The SMILES string of the molecule is Nc1ccc(NC(=O)C(=O)NCCN2CCOCC2)c(Cl)c1. The van der Waals surface area contributed by atoms with Gasteiger partial charge in [0.2, 0.25) is 0 Å². The molecule has 7 nitrogen and oxygen atoms in total.